The second kappa shape index (κ2) is 6.92. The largest absolute Gasteiger partial charge is 0.380 e. The maximum absolute atomic E-state index is 14.3. The molecule has 25 heavy (non-hydrogen) atoms. The molecular formula is C19H26FN3O2. The molecule has 1 aromatic carbocycles. The van der Waals surface area contributed by atoms with Crippen LogP contribution >= 0.6 is 0 Å². The molecule has 136 valence electrons. The first-order chi connectivity index (χ1) is 12.1. The summed E-state index contributed by atoms with van der Waals surface area (Å²) in [5, 5.41) is 5.94. The summed E-state index contributed by atoms with van der Waals surface area (Å²) in [4.78, 5) is 12.6. The van der Waals surface area contributed by atoms with Crippen molar-refractivity contribution in [3.8, 4) is 0 Å². The topological polar surface area (TPSA) is 76.4 Å². The Balaban J connectivity index is 1.36. The number of nitrogens with one attached hydrogen (secondary N) is 2. The van der Waals surface area contributed by atoms with Crippen molar-refractivity contribution >= 4 is 17.3 Å². The summed E-state index contributed by atoms with van der Waals surface area (Å²) in [5.74, 6) is 0.283. The van der Waals surface area contributed by atoms with Crippen molar-refractivity contribution in [3.63, 3.8) is 0 Å². The SMILES string of the molecule is NC1C2CCC(C2)C1C(=O)Nc1ccc(NCC2CCCO2)c(F)c1. The van der Waals surface area contributed by atoms with Crippen molar-refractivity contribution in [1.82, 2.24) is 0 Å². The van der Waals surface area contributed by atoms with E-state index in [4.69, 9.17) is 10.5 Å². The molecule has 4 N–H and O–H groups in total. The van der Waals surface area contributed by atoms with Crippen LogP contribution in [0.15, 0.2) is 18.2 Å². The molecule has 2 bridgehead atoms. The zero-order valence-electron chi connectivity index (χ0n) is 14.3. The number of nitrogens with two attached hydrogens (primary N) is 1. The fraction of sp³-hybridized carbons (Fsp3) is 0.632. The number of anilines is 2. The number of carbonyl (C=O) groups is 1. The molecule has 1 aromatic rings. The molecule has 6 heteroatoms. The van der Waals surface area contributed by atoms with Crippen LogP contribution in [0.5, 0.6) is 0 Å². The number of ether oxygens (including phenoxy) is 1. The van der Waals surface area contributed by atoms with Crippen molar-refractivity contribution in [2.45, 2.75) is 44.2 Å². The number of hydrogen-bond donors (Lipinski definition) is 3. The highest BCUT2D eigenvalue weighted by Gasteiger charge is 2.49. The Labute approximate surface area is 147 Å². The Morgan fingerprint density at radius 1 is 1.28 bits per heavy atom. The summed E-state index contributed by atoms with van der Waals surface area (Å²) in [6, 6.07) is 4.71. The van der Waals surface area contributed by atoms with Crippen molar-refractivity contribution in [1.29, 1.82) is 0 Å². The Morgan fingerprint density at radius 2 is 2.12 bits per heavy atom. The van der Waals surface area contributed by atoms with Crippen LogP contribution in [-0.4, -0.2) is 31.2 Å². The maximum atomic E-state index is 14.3. The number of benzene rings is 1. The predicted octanol–water partition coefficient (Wildman–Crippen LogP) is 2.73. The number of hydrogen-bond acceptors (Lipinski definition) is 4. The zero-order chi connectivity index (χ0) is 17.4. The predicted molar refractivity (Wildman–Crippen MR) is 94.8 cm³/mol. The maximum Gasteiger partial charge on any atom is 0.229 e. The number of rotatable bonds is 5. The molecule has 2 aliphatic carbocycles. The van der Waals surface area contributed by atoms with Crippen molar-refractivity contribution in [2.24, 2.45) is 23.5 Å². The van der Waals surface area contributed by atoms with E-state index in [1.165, 1.54) is 6.07 Å². The molecule has 1 aliphatic heterocycles. The van der Waals surface area contributed by atoms with E-state index in [0.717, 1.165) is 38.7 Å². The van der Waals surface area contributed by atoms with Crippen LogP contribution in [0, 0.1) is 23.6 Å². The van der Waals surface area contributed by atoms with Gasteiger partial charge < -0.3 is 21.1 Å². The minimum Gasteiger partial charge on any atom is -0.380 e. The molecule has 0 radical (unpaired) electrons. The van der Waals surface area contributed by atoms with E-state index in [2.05, 4.69) is 10.6 Å². The lowest BCUT2D eigenvalue weighted by Gasteiger charge is -2.27. The lowest BCUT2D eigenvalue weighted by molar-refractivity contribution is -0.121. The quantitative estimate of drug-likeness (QED) is 0.765. The fourth-order valence-electron chi connectivity index (χ4n) is 4.72. The van der Waals surface area contributed by atoms with Gasteiger partial charge in [-0.15, -0.1) is 0 Å². The second-order valence-electron chi connectivity index (χ2n) is 7.64. The standard InChI is InChI=1S/C19H26FN3O2/c20-15-9-13(5-6-16(15)22-10-14-2-1-7-25-14)23-19(24)17-11-3-4-12(8-11)18(17)21/h5-6,9,11-12,14,17-18,22H,1-4,7-8,10,21H2,(H,23,24). The van der Waals surface area contributed by atoms with E-state index in [9.17, 15) is 9.18 Å². The van der Waals surface area contributed by atoms with Gasteiger partial charge in [0.1, 0.15) is 5.82 Å². The summed E-state index contributed by atoms with van der Waals surface area (Å²) < 4.78 is 19.8. The molecule has 4 rings (SSSR count). The zero-order valence-corrected chi connectivity index (χ0v) is 14.3. The Morgan fingerprint density at radius 3 is 2.80 bits per heavy atom. The highest BCUT2D eigenvalue weighted by atomic mass is 19.1. The lowest BCUT2D eigenvalue weighted by atomic mass is 9.84. The Bertz CT molecular complexity index is 646. The van der Waals surface area contributed by atoms with E-state index in [-0.39, 0.29) is 29.8 Å². The third-order valence-corrected chi connectivity index (χ3v) is 6.06. The van der Waals surface area contributed by atoms with Crippen LogP contribution in [0.1, 0.15) is 32.1 Å². The van der Waals surface area contributed by atoms with Crippen LogP contribution < -0.4 is 16.4 Å². The van der Waals surface area contributed by atoms with Gasteiger partial charge in [0.05, 0.1) is 17.7 Å². The van der Waals surface area contributed by atoms with Gasteiger partial charge in [0, 0.05) is 24.9 Å². The first kappa shape index (κ1) is 16.8. The molecule has 5 atom stereocenters. The fourth-order valence-corrected chi connectivity index (χ4v) is 4.72. The van der Waals surface area contributed by atoms with E-state index < -0.39 is 0 Å². The van der Waals surface area contributed by atoms with E-state index in [1.54, 1.807) is 12.1 Å². The number of fused-ring (bicyclic) bond motifs is 2. The second-order valence-corrected chi connectivity index (χ2v) is 7.64. The van der Waals surface area contributed by atoms with Gasteiger partial charge in [-0.2, -0.15) is 0 Å². The monoisotopic (exact) mass is 347 g/mol. The van der Waals surface area contributed by atoms with Gasteiger partial charge in [-0.1, -0.05) is 0 Å². The molecule has 3 aliphatic rings. The first-order valence-electron chi connectivity index (χ1n) is 9.33. The van der Waals surface area contributed by atoms with Gasteiger partial charge in [0.2, 0.25) is 5.91 Å². The number of carbonyl (C=O) groups excluding carboxylic acids is 1. The average Bonchev–Trinajstić information content (AvgIpc) is 3.31. The van der Waals surface area contributed by atoms with E-state index >= 15 is 0 Å². The van der Waals surface area contributed by atoms with Crippen molar-refractivity contribution < 1.29 is 13.9 Å². The number of halogens is 1. The normalized spacial score (nSPS) is 33.6. The minimum absolute atomic E-state index is 0.0593. The Hall–Kier alpha value is -1.66. The average molecular weight is 347 g/mol. The van der Waals surface area contributed by atoms with Crippen LogP contribution in [0.4, 0.5) is 15.8 Å². The van der Waals surface area contributed by atoms with E-state index in [0.29, 0.717) is 29.8 Å². The van der Waals surface area contributed by atoms with Gasteiger partial charge >= 0.3 is 0 Å². The van der Waals surface area contributed by atoms with Crippen LogP contribution in [0.3, 0.4) is 0 Å². The van der Waals surface area contributed by atoms with Crippen molar-refractivity contribution in [2.75, 3.05) is 23.8 Å². The van der Waals surface area contributed by atoms with Gasteiger partial charge in [-0.3, -0.25) is 4.79 Å². The van der Waals surface area contributed by atoms with Crippen LogP contribution in [0.25, 0.3) is 0 Å². The molecule has 5 unspecified atom stereocenters. The van der Waals surface area contributed by atoms with Gasteiger partial charge in [-0.25, -0.2) is 4.39 Å². The summed E-state index contributed by atoms with van der Waals surface area (Å²) in [7, 11) is 0. The first-order valence-corrected chi connectivity index (χ1v) is 9.33. The molecule has 1 amide bonds. The number of amides is 1. The molecular weight excluding hydrogens is 321 g/mol. The summed E-state index contributed by atoms with van der Waals surface area (Å²) in [6.07, 6.45) is 5.49. The molecule has 0 spiro atoms. The summed E-state index contributed by atoms with van der Waals surface area (Å²) in [6.45, 7) is 1.38. The molecule has 1 heterocycles. The minimum atomic E-state index is -0.368. The Kier molecular flexibility index (Phi) is 4.65. The van der Waals surface area contributed by atoms with Crippen LogP contribution in [-0.2, 0) is 9.53 Å². The summed E-state index contributed by atoms with van der Waals surface area (Å²) in [5.41, 5.74) is 7.14. The highest BCUT2D eigenvalue weighted by molar-refractivity contribution is 5.93. The molecule has 1 saturated heterocycles. The van der Waals surface area contributed by atoms with E-state index in [1.807, 2.05) is 0 Å². The van der Waals surface area contributed by atoms with Crippen molar-refractivity contribution in [3.05, 3.63) is 24.0 Å². The third kappa shape index (κ3) is 3.37. The van der Waals surface area contributed by atoms with Crippen LogP contribution in [0.2, 0.25) is 0 Å². The molecule has 2 saturated carbocycles. The molecule has 3 fully saturated rings. The smallest absolute Gasteiger partial charge is 0.229 e. The highest BCUT2D eigenvalue weighted by Crippen LogP contribution is 2.47. The van der Waals surface area contributed by atoms with Gasteiger partial charge in [0.15, 0.2) is 0 Å². The van der Waals surface area contributed by atoms with Gasteiger partial charge in [0.25, 0.3) is 0 Å². The van der Waals surface area contributed by atoms with Gasteiger partial charge in [-0.05, 0) is 62.1 Å². The lowest BCUT2D eigenvalue weighted by Crippen LogP contribution is -2.42. The molecule has 0 aromatic heterocycles. The third-order valence-electron chi connectivity index (χ3n) is 6.06. The molecule has 5 nitrogen and oxygen atoms in total. The summed E-state index contributed by atoms with van der Waals surface area (Å²) >= 11 is 0.